The van der Waals surface area contributed by atoms with Crippen LogP contribution in [0.3, 0.4) is 0 Å². The van der Waals surface area contributed by atoms with Gasteiger partial charge in [0.05, 0.1) is 3.79 Å². The van der Waals surface area contributed by atoms with Crippen molar-refractivity contribution in [3.8, 4) is 0 Å². The highest BCUT2D eigenvalue weighted by molar-refractivity contribution is 9.11. The predicted octanol–water partition coefficient (Wildman–Crippen LogP) is 1.44. The fraction of sp³-hybridized carbons (Fsp3) is 0.500. The van der Waals surface area contributed by atoms with Crippen LogP contribution in [0.15, 0.2) is 14.1 Å². The Balaban J connectivity index is 2.96. The highest BCUT2D eigenvalue weighted by atomic mass is 79.9. The van der Waals surface area contributed by atoms with Crippen molar-refractivity contribution in [3.05, 3.63) is 15.4 Å². The molecule has 1 heterocycles. The molecule has 7 heteroatoms. The molecule has 0 fully saturated rings. The molecule has 0 saturated heterocycles. The van der Waals surface area contributed by atoms with E-state index in [2.05, 4.69) is 20.7 Å². The maximum Gasteiger partial charge on any atom is 0.250 e. The van der Waals surface area contributed by atoms with Crippen molar-refractivity contribution < 1.29 is 8.42 Å². The van der Waals surface area contributed by atoms with E-state index >= 15 is 0 Å². The Morgan fingerprint density at radius 1 is 1.67 bits per heavy atom. The molecule has 0 aliphatic carbocycles. The van der Waals surface area contributed by atoms with Crippen LogP contribution in [0.1, 0.15) is 12.5 Å². The van der Waals surface area contributed by atoms with E-state index in [0.29, 0.717) is 4.21 Å². The number of thiophene rings is 1. The molecule has 0 bridgehead atoms. The molecular weight excluding hydrogens is 300 g/mol. The van der Waals surface area contributed by atoms with Crippen LogP contribution in [-0.2, 0) is 10.0 Å². The van der Waals surface area contributed by atoms with Gasteiger partial charge in [0.1, 0.15) is 4.21 Å². The Hall–Kier alpha value is 0.0500. The monoisotopic (exact) mass is 312 g/mol. The van der Waals surface area contributed by atoms with E-state index in [0.717, 1.165) is 9.35 Å². The first-order chi connectivity index (χ1) is 6.86. The number of rotatable bonds is 4. The van der Waals surface area contributed by atoms with E-state index in [-0.39, 0.29) is 12.6 Å². The first-order valence-corrected chi connectivity index (χ1v) is 7.44. The maximum atomic E-state index is 11.8. The molecule has 0 spiro atoms. The summed E-state index contributed by atoms with van der Waals surface area (Å²) in [7, 11) is -3.41. The first kappa shape index (κ1) is 13.1. The smallest absolute Gasteiger partial charge is 0.250 e. The van der Waals surface area contributed by atoms with E-state index in [1.807, 2.05) is 6.92 Å². The van der Waals surface area contributed by atoms with E-state index in [1.54, 1.807) is 13.0 Å². The molecule has 0 aliphatic rings. The molecule has 0 amide bonds. The molecular formula is C8H13BrN2O2S2. The summed E-state index contributed by atoms with van der Waals surface area (Å²) in [6.07, 6.45) is 0. The predicted molar refractivity (Wildman–Crippen MR) is 65.6 cm³/mol. The SMILES string of the molecule is Cc1cc(S(=O)(=O)NC(C)CN)sc1Br. The number of halogens is 1. The van der Waals surface area contributed by atoms with Gasteiger partial charge >= 0.3 is 0 Å². The number of hydrogen-bond donors (Lipinski definition) is 2. The van der Waals surface area contributed by atoms with Crippen LogP contribution in [0, 0.1) is 6.92 Å². The summed E-state index contributed by atoms with van der Waals surface area (Å²) in [5.41, 5.74) is 6.28. The number of nitrogens with one attached hydrogen (secondary N) is 1. The zero-order chi connectivity index (χ0) is 11.6. The van der Waals surface area contributed by atoms with Crippen molar-refractivity contribution >= 4 is 37.3 Å². The number of nitrogens with two attached hydrogens (primary N) is 1. The van der Waals surface area contributed by atoms with Crippen LogP contribution in [0.2, 0.25) is 0 Å². The van der Waals surface area contributed by atoms with E-state index in [4.69, 9.17) is 5.73 Å². The van der Waals surface area contributed by atoms with E-state index in [9.17, 15) is 8.42 Å². The van der Waals surface area contributed by atoms with Crippen LogP contribution >= 0.6 is 27.3 Å². The molecule has 0 aliphatic heterocycles. The maximum absolute atomic E-state index is 11.8. The lowest BCUT2D eigenvalue weighted by molar-refractivity contribution is 0.564. The molecule has 0 saturated carbocycles. The minimum atomic E-state index is -3.41. The minimum absolute atomic E-state index is 0.254. The quantitative estimate of drug-likeness (QED) is 0.883. The van der Waals surface area contributed by atoms with E-state index < -0.39 is 10.0 Å². The summed E-state index contributed by atoms with van der Waals surface area (Å²) in [5, 5.41) is 0. The number of aryl methyl sites for hydroxylation is 1. The van der Waals surface area contributed by atoms with Gasteiger partial charge in [-0.2, -0.15) is 0 Å². The fourth-order valence-electron chi connectivity index (χ4n) is 0.935. The second-order valence-corrected chi connectivity index (χ2v) is 7.59. The summed E-state index contributed by atoms with van der Waals surface area (Å²) in [4.78, 5) is 0. The Labute approximate surface area is 102 Å². The molecule has 1 unspecified atom stereocenters. The van der Waals surface area contributed by atoms with Gasteiger partial charge in [0.25, 0.3) is 0 Å². The number of sulfonamides is 1. The zero-order valence-corrected chi connectivity index (χ0v) is 11.7. The fourth-order valence-corrected chi connectivity index (χ4v) is 4.43. The van der Waals surface area contributed by atoms with Crippen molar-refractivity contribution in [1.29, 1.82) is 0 Å². The molecule has 0 radical (unpaired) electrons. The van der Waals surface area contributed by atoms with Crippen LogP contribution in [0.5, 0.6) is 0 Å². The Morgan fingerprint density at radius 3 is 2.67 bits per heavy atom. The normalized spacial score (nSPS) is 14.1. The highest BCUT2D eigenvalue weighted by Crippen LogP contribution is 2.30. The summed E-state index contributed by atoms with van der Waals surface area (Å²) < 4.78 is 27.2. The van der Waals surface area contributed by atoms with Gasteiger partial charge in [-0.25, -0.2) is 13.1 Å². The van der Waals surface area contributed by atoms with Gasteiger partial charge in [-0.15, -0.1) is 11.3 Å². The molecule has 86 valence electrons. The Bertz CT molecular complexity index is 422. The highest BCUT2D eigenvalue weighted by Gasteiger charge is 2.19. The first-order valence-electron chi connectivity index (χ1n) is 4.35. The molecule has 1 atom stereocenters. The van der Waals surface area contributed by atoms with Crippen LogP contribution in [-0.4, -0.2) is 21.0 Å². The molecule has 0 aromatic carbocycles. The van der Waals surface area contributed by atoms with Gasteiger partial charge in [-0.05, 0) is 41.4 Å². The second kappa shape index (κ2) is 4.92. The topological polar surface area (TPSA) is 72.2 Å². The van der Waals surface area contributed by atoms with Crippen molar-refractivity contribution in [2.45, 2.75) is 24.1 Å². The van der Waals surface area contributed by atoms with Gasteiger partial charge in [0.15, 0.2) is 0 Å². The summed E-state index contributed by atoms with van der Waals surface area (Å²) in [5.74, 6) is 0. The Kier molecular flexibility index (Phi) is 4.30. The van der Waals surface area contributed by atoms with Crippen LogP contribution < -0.4 is 10.5 Å². The summed E-state index contributed by atoms with van der Waals surface area (Å²) >= 11 is 4.49. The second-order valence-electron chi connectivity index (χ2n) is 3.28. The van der Waals surface area contributed by atoms with Gasteiger partial charge < -0.3 is 5.73 Å². The van der Waals surface area contributed by atoms with Gasteiger partial charge in [-0.3, -0.25) is 0 Å². The minimum Gasteiger partial charge on any atom is -0.329 e. The largest absolute Gasteiger partial charge is 0.329 e. The van der Waals surface area contributed by atoms with Crippen molar-refractivity contribution in [2.24, 2.45) is 5.73 Å². The molecule has 15 heavy (non-hydrogen) atoms. The lowest BCUT2D eigenvalue weighted by Gasteiger charge is -2.09. The third-order valence-electron chi connectivity index (χ3n) is 1.81. The van der Waals surface area contributed by atoms with Crippen LogP contribution in [0.25, 0.3) is 0 Å². The molecule has 4 nitrogen and oxygen atoms in total. The summed E-state index contributed by atoms with van der Waals surface area (Å²) in [6.45, 7) is 3.86. The third-order valence-corrected chi connectivity index (χ3v) is 6.01. The molecule has 1 rings (SSSR count). The molecule has 1 aromatic heterocycles. The lowest BCUT2D eigenvalue weighted by atomic mass is 10.4. The average molecular weight is 313 g/mol. The van der Waals surface area contributed by atoms with Gasteiger partial charge in [0, 0.05) is 12.6 Å². The lowest BCUT2D eigenvalue weighted by Crippen LogP contribution is -2.37. The van der Waals surface area contributed by atoms with Gasteiger partial charge in [-0.1, -0.05) is 0 Å². The van der Waals surface area contributed by atoms with Crippen molar-refractivity contribution in [3.63, 3.8) is 0 Å². The standard InChI is InChI=1S/C8H13BrN2O2S2/c1-5-3-7(14-8(5)9)15(12,13)11-6(2)4-10/h3,6,11H,4,10H2,1-2H3. The van der Waals surface area contributed by atoms with E-state index in [1.165, 1.54) is 11.3 Å². The van der Waals surface area contributed by atoms with Crippen molar-refractivity contribution in [2.75, 3.05) is 6.54 Å². The third kappa shape index (κ3) is 3.25. The average Bonchev–Trinajstić information content (AvgIpc) is 2.47. The van der Waals surface area contributed by atoms with Crippen LogP contribution in [0.4, 0.5) is 0 Å². The zero-order valence-electron chi connectivity index (χ0n) is 8.45. The number of hydrogen-bond acceptors (Lipinski definition) is 4. The van der Waals surface area contributed by atoms with Crippen molar-refractivity contribution in [1.82, 2.24) is 4.72 Å². The van der Waals surface area contributed by atoms with Gasteiger partial charge in [0.2, 0.25) is 10.0 Å². The summed E-state index contributed by atoms with van der Waals surface area (Å²) in [6, 6.07) is 1.39. The molecule has 1 aromatic rings. The molecule has 3 N–H and O–H groups in total. The Morgan fingerprint density at radius 2 is 2.27 bits per heavy atom.